The average molecular weight is 199 g/mol. The number of hydrogen-bond donors (Lipinski definition) is 1. The molecule has 2 atom stereocenters. The van der Waals surface area contributed by atoms with Crippen molar-refractivity contribution >= 4 is 0 Å². The lowest BCUT2D eigenvalue weighted by molar-refractivity contribution is 0.106. The Labute approximate surface area is 88.3 Å². The molecule has 0 amide bonds. The van der Waals surface area contributed by atoms with Crippen LogP contribution in [0.3, 0.4) is 0 Å². The van der Waals surface area contributed by atoms with Crippen LogP contribution in [0.15, 0.2) is 0 Å². The van der Waals surface area contributed by atoms with Crippen molar-refractivity contribution in [2.24, 2.45) is 0 Å². The molecule has 2 heteroatoms. The topological polar surface area (TPSA) is 23.5 Å². The second-order valence-electron chi connectivity index (χ2n) is 4.61. The summed E-state index contributed by atoms with van der Waals surface area (Å²) in [5, 5.41) is 9.27. The molecule has 1 saturated heterocycles. The number of rotatable bonds is 5. The summed E-state index contributed by atoms with van der Waals surface area (Å²) in [7, 11) is 0. The molecule has 84 valence electrons. The normalized spacial score (nSPS) is 26.4. The summed E-state index contributed by atoms with van der Waals surface area (Å²) in [5.41, 5.74) is 0. The Bertz CT molecular complexity index is 145. The van der Waals surface area contributed by atoms with E-state index in [2.05, 4.69) is 11.8 Å². The molecule has 1 N–H and O–H groups in total. The van der Waals surface area contributed by atoms with Gasteiger partial charge in [0, 0.05) is 12.6 Å². The maximum atomic E-state index is 9.27. The average Bonchev–Trinajstić information content (AvgIpc) is 2.17. The first-order chi connectivity index (χ1) is 6.74. The first kappa shape index (κ1) is 12.0. The van der Waals surface area contributed by atoms with Crippen LogP contribution in [0, 0.1) is 0 Å². The molecule has 0 radical (unpaired) electrons. The van der Waals surface area contributed by atoms with E-state index in [0.29, 0.717) is 0 Å². The van der Waals surface area contributed by atoms with Crippen LogP contribution in [0.4, 0.5) is 0 Å². The van der Waals surface area contributed by atoms with Crippen LogP contribution in [-0.2, 0) is 0 Å². The minimum Gasteiger partial charge on any atom is -0.393 e. The summed E-state index contributed by atoms with van der Waals surface area (Å²) >= 11 is 0. The largest absolute Gasteiger partial charge is 0.393 e. The zero-order chi connectivity index (χ0) is 10.4. The summed E-state index contributed by atoms with van der Waals surface area (Å²) in [6.45, 7) is 6.49. The van der Waals surface area contributed by atoms with Crippen LogP contribution < -0.4 is 0 Å². The minimum atomic E-state index is -0.140. The van der Waals surface area contributed by atoms with Gasteiger partial charge in [-0.2, -0.15) is 0 Å². The molecule has 1 aliphatic heterocycles. The number of piperidine rings is 1. The van der Waals surface area contributed by atoms with Crippen molar-refractivity contribution < 1.29 is 5.11 Å². The second-order valence-corrected chi connectivity index (χ2v) is 4.61. The quantitative estimate of drug-likeness (QED) is 0.735. The van der Waals surface area contributed by atoms with E-state index in [0.717, 1.165) is 19.0 Å². The molecule has 0 spiro atoms. The molecule has 0 aromatic heterocycles. The van der Waals surface area contributed by atoms with Crippen molar-refractivity contribution in [2.45, 2.75) is 64.5 Å². The molecule has 1 rings (SSSR count). The van der Waals surface area contributed by atoms with Gasteiger partial charge in [0.15, 0.2) is 0 Å². The molecule has 1 aliphatic rings. The van der Waals surface area contributed by atoms with Gasteiger partial charge in [0.1, 0.15) is 0 Å². The Morgan fingerprint density at radius 2 is 2.21 bits per heavy atom. The Morgan fingerprint density at radius 3 is 2.86 bits per heavy atom. The van der Waals surface area contributed by atoms with Crippen LogP contribution in [-0.4, -0.2) is 35.2 Å². The van der Waals surface area contributed by atoms with Crippen LogP contribution in [0.5, 0.6) is 0 Å². The zero-order valence-electron chi connectivity index (χ0n) is 9.71. The standard InChI is InChI=1S/C12H25NO/c1-3-6-12-7-4-5-9-13(12)10-8-11(2)14/h11-12,14H,3-10H2,1-2H3. The van der Waals surface area contributed by atoms with Gasteiger partial charge in [-0.05, 0) is 39.2 Å². The van der Waals surface area contributed by atoms with Gasteiger partial charge in [0.25, 0.3) is 0 Å². The highest BCUT2D eigenvalue weighted by atomic mass is 16.3. The Morgan fingerprint density at radius 1 is 1.43 bits per heavy atom. The predicted molar refractivity (Wildman–Crippen MR) is 60.4 cm³/mol. The van der Waals surface area contributed by atoms with E-state index in [1.165, 1.54) is 38.6 Å². The van der Waals surface area contributed by atoms with E-state index in [-0.39, 0.29) is 6.10 Å². The Kier molecular flexibility index (Phi) is 5.49. The fourth-order valence-electron chi connectivity index (χ4n) is 2.37. The molecule has 0 aromatic rings. The number of hydrogen-bond acceptors (Lipinski definition) is 2. The van der Waals surface area contributed by atoms with Crippen LogP contribution >= 0.6 is 0 Å². The number of aliphatic hydroxyl groups excluding tert-OH is 1. The van der Waals surface area contributed by atoms with E-state index in [4.69, 9.17) is 0 Å². The van der Waals surface area contributed by atoms with Gasteiger partial charge in [-0.1, -0.05) is 19.8 Å². The van der Waals surface area contributed by atoms with E-state index in [9.17, 15) is 5.11 Å². The van der Waals surface area contributed by atoms with Crippen molar-refractivity contribution in [2.75, 3.05) is 13.1 Å². The van der Waals surface area contributed by atoms with Crippen molar-refractivity contribution in [1.29, 1.82) is 0 Å². The van der Waals surface area contributed by atoms with E-state index < -0.39 is 0 Å². The van der Waals surface area contributed by atoms with Crippen molar-refractivity contribution in [3.63, 3.8) is 0 Å². The highest BCUT2D eigenvalue weighted by molar-refractivity contribution is 4.76. The molecule has 14 heavy (non-hydrogen) atoms. The fourth-order valence-corrected chi connectivity index (χ4v) is 2.37. The zero-order valence-corrected chi connectivity index (χ0v) is 9.71. The summed E-state index contributed by atoms with van der Waals surface area (Å²) in [6, 6.07) is 0.799. The number of nitrogens with zero attached hydrogens (tertiary/aromatic N) is 1. The SMILES string of the molecule is CCCC1CCCCN1CCC(C)O. The van der Waals surface area contributed by atoms with Crippen LogP contribution in [0.1, 0.15) is 52.4 Å². The maximum absolute atomic E-state index is 9.27. The third kappa shape index (κ3) is 3.97. The smallest absolute Gasteiger partial charge is 0.0524 e. The van der Waals surface area contributed by atoms with Crippen molar-refractivity contribution in [1.82, 2.24) is 4.90 Å². The minimum absolute atomic E-state index is 0.140. The molecule has 1 fully saturated rings. The van der Waals surface area contributed by atoms with Gasteiger partial charge >= 0.3 is 0 Å². The van der Waals surface area contributed by atoms with Gasteiger partial charge in [-0.25, -0.2) is 0 Å². The van der Waals surface area contributed by atoms with Gasteiger partial charge in [-0.3, -0.25) is 0 Å². The molecule has 2 nitrogen and oxygen atoms in total. The first-order valence-electron chi connectivity index (χ1n) is 6.16. The van der Waals surface area contributed by atoms with Crippen LogP contribution in [0.2, 0.25) is 0 Å². The second kappa shape index (κ2) is 6.41. The number of likely N-dealkylation sites (tertiary alicyclic amines) is 1. The lowest BCUT2D eigenvalue weighted by Crippen LogP contribution is -2.40. The lowest BCUT2D eigenvalue weighted by Gasteiger charge is -2.36. The fraction of sp³-hybridized carbons (Fsp3) is 1.00. The van der Waals surface area contributed by atoms with Crippen molar-refractivity contribution in [3.05, 3.63) is 0 Å². The lowest BCUT2D eigenvalue weighted by atomic mass is 9.98. The molecule has 0 saturated carbocycles. The molecule has 0 bridgehead atoms. The molecule has 0 aromatic carbocycles. The van der Waals surface area contributed by atoms with Gasteiger partial charge < -0.3 is 10.0 Å². The van der Waals surface area contributed by atoms with Crippen molar-refractivity contribution in [3.8, 4) is 0 Å². The predicted octanol–water partition coefficient (Wildman–Crippen LogP) is 2.41. The molecule has 1 heterocycles. The third-order valence-electron chi connectivity index (χ3n) is 3.21. The first-order valence-corrected chi connectivity index (χ1v) is 6.16. The van der Waals surface area contributed by atoms with E-state index in [1.807, 2.05) is 6.92 Å². The van der Waals surface area contributed by atoms with Gasteiger partial charge in [0.05, 0.1) is 6.10 Å². The highest BCUT2D eigenvalue weighted by Gasteiger charge is 2.21. The summed E-state index contributed by atoms with van der Waals surface area (Å²) in [6.07, 6.45) is 7.53. The highest BCUT2D eigenvalue weighted by Crippen LogP contribution is 2.20. The summed E-state index contributed by atoms with van der Waals surface area (Å²) < 4.78 is 0. The monoisotopic (exact) mass is 199 g/mol. The Hall–Kier alpha value is -0.0800. The summed E-state index contributed by atoms with van der Waals surface area (Å²) in [5.74, 6) is 0. The van der Waals surface area contributed by atoms with Gasteiger partial charge in [0.2, 0.25) is 0 Å². The Balaban J connectivity index is 2.30. The molecular formula is C12H25NO. The maximum Gasteiger partial charge on any atom is 0.0524 e. The number of aliphatic hydroxyl groups is 1. The van der Waals surface area contributed by atoms with Gasteiger partial charge in [-0.15, -0.1) is 0 Å². The molecular weight excluding hydrogens is 174 g/mol. The van der Waals surface area contributed by atoms with E-state index in [1.54, 1.807) is 0 Å². The summed E-state index contributed by atoms with van der Waals surface area (Å²) in [4.78, 5) is 2.58. The molecule has 0 aliphatic carbocycles. The van der Waals surface area contributed by atoms with E-state index >= 15 is 0 Å². The van der Waals surface area contributed by atoms with Crippen LogP contribution in [0.25, 0.3) is 0 Å². The third-order valence-corrected chi connectivity index (χ3v) is 3.21. The molecule has 2 unspecified atom stereocenters.